The predicted molar refractivity (Wildman–Crippen MR) is 74.4 cm³/mol. The number of phenols is 1. The van der Waals surface area contributed by atoms with E-state index in [4.69, 9.17) is 0 Å². The highest BCUT2D eigenvalue weighted by molar-refractivity contribution is 5.99. The van der Waals surface area contributed by atoms with Gasteiger partial charge in [0.1, 0.15) is 5.75 Å². The molecule has 2 rings (SSSR count). The smallest absolute Gasteiger partial charge is 0.296 e. The average Bonchev–Trinajstić information content (AvgIpc) is 2.71. The first-order chi connectivity index (χ1) is 9.10. The van der Waals surface area contributed by atoms with Gasteiger partial charge in [0, 0.05) is 12.0 Å². The first-order valence-corrected chi connectivity index (χ1v) is 6.38. The molecule has 1 aromatic rings. The number of hydrogen-bond donors (Lipinski definition) is 2. The number of nitrogens with one attached hydrogen (secondary N) is 1. The zero-order valence-electron chi connectivity index (χ0n) is 11.9. The second kappa shape index (κ2) is 4.19. The lowest BCUT2D eigenvalue weighted by Gasteiger charge is -2.08. The van der Waals surface area contributed by atoms with Crippen molar-refractivity contribution in [1.29, 1.82) is 0 Å². The van der Waals surface area contributed by atoms with Crippen LogP contribution < -0.4 is 5.32 Å². The van der Waals surface area contributed by atoms with Gasteiger partial charge < -0.3 is 10.4 Å². The maximum absolute atomic E-state index is 12.3. The number of rotatable bonds is 3. The number of hydrogen-bond acceptors (Lipinski definition) is 4. The standard InChI is InChI=1S/C14H18N2O4/c1-13(2)11(14(13,3)4)12(18)15-10-8(16(19)20)6-5-7-9(10)17/h5-7,11,17H,1-4H3,(H,15,18). The number of carbonyl (C=O) groups is 1. The molecule has 0 bridgehead atoms. The second-order valence-electron chi connectivity index (χ2n) is 6.29. The van der Waals surface area contributed by atoms with Gasteiger partial charge in [0.2, 0.25) is 5.91 Å². The highest BCUT2D eigenvalue weighted by Crippen LogP contribution is 2.68. The van der Waals surface area contributed by atoms with Crippen LogP contribution in [0.3, 0.4) is 0 Å². The van der Waals surface area contributed by atoms with Crippen molar-refractivity contribution in [2.75, 3.05) is 5.32 Å². The normalized spacial score (nSPS) is 19.4. The lowest BCUT2D eigenvalue weighted by molar-refractivity contribution is -0.384. The Morgan fingerprint density at radius 1 is 1.30 bits per heavy atom. The third-order valence-corrected chi connectivity index (χ3v) is 4.75. The van der Waals surface area contributed by atoms with E-state index in [9.17, 15) is 20.0 Å². The molecule has 1 amide bonds. The molecule has 1 aliphatic rings. The highest BCUT2D eigenvalue weighted by atomic mass is 16.6. The van der Waals surface area contributed by atoms with Gasteiger partial charge in [0.25, 0.3) is 5.69 Å². The van der Waals surface area contributed by atoms with Crippen LogP contribution in [0.1, 0.15) is 27.7 Å². The molecule has 0 heterocycles. The molecule has 0 atom stereocenters. The van der Waals surface area contributed by atoms with Crippen LogP contribution in [0.15, 0.2) is 18.2 Å². The van der Waals surface area contributed by atoms with Crippen molar-refractivity contribution in [2.24, 2.45) is 16.7 Å². The molecule has 1 saturated carbocycles. The molecule has 0 spiro atoms. The molecule has 1 aliphatic carbocycles. The minimum absolute atomic E-state index is 0.138. The number of nitrogens with zero attached hydrogens (tertiary/aromatic N) is 1. The summed E-state index contributed by atoms with van der Waals surface area (Å²) in [7, 11) is 0. The lowest BCUT2D eigenvalue weighted by Crippen LogP contribution is -2.18. The van der Waals surface area contributed by atoms with Crippen molar-refractivity contribution < 1.29 is 14.8 Å². The Hall–Kier alpha value is -2.11. The van der Waals surface area contributed by atoms with Gasteiger partial charge in [-0.1, -0.05) is 33.8 Å². The first-order valence-electron chi connectivity index (χ1n) is 6.38. The molecule has 0 saturated heterocycles. The van der Waals surface area contributed by atoms with Crippen LogP contribution in [-0.2, 0) is 4.79 Å². The van der Waals surface area contributed by atoms with Gasteiger partial charge in [-0.05, 0) is 16.9 Å². The number of carbonyl (C=O) groups excluding carboxylic acids is 1. The zero-order valence-corrected chi connectivity index (χ0v) is 11.9. The van der Waals surface area contributed by atoms with Crippen LogP contribution in [0.2, 0.25) is 0 Å². The summed E-state index contributed by atoms with van der Waals surface area (Å²) in [6, 6.07) is 3.93. The van der Waals surface area contributed by atoms with E-state index in [0.717, 1.165) is 0 Å². The Bertz CT molecular complexity index is 579. The summed E-state index contributed by atoms with van der Waals surface area (Å²) >= 11 is 0. The molecule has 0 aromatic heterocycles. The summed E-state index contributed by atoms with van der Waals surface area (Å²) in [5.74, 6) is -0.845. The number of aromatic hydroxyl groups is 1. The van der Waals surface area contributed by atoms with Crippen molar-refractivity contribution in [3.05, 3.63) is 28.3 Å². The zero-order chi connectivity index (χ0) is 15.3. The Labute approximate surface area is 117 Å². The van der Waals surface area contributed by atoms with Crippen LogP contribution in [0.5, 0.6) is 5.75 Å². The van der Waals surface area contributed by atoms with E-state index in [1.165, 1.54) is 18.2 Å². The summed E-state index contributed by atoms with van der Waals surface area (Å²) in [6.07, 6.45) is 0. The van der Waals surface area contributed by atoms with Crippen molar-refractivity contribution in [3.8, 4) is 5.75 Å². The summed E-state index contributed by atoms with van der Waals surface area (Å²) in [6.45, 7) is 7.93. The van der Waals surface area contributed by atoms with Crippen LogP contribution >= 0.6 is 0 Å². The summed E-state index contributed by atoms with van der Waals surface area (Å²) in [5.41, 5.74) is -0.789. The second-order valence-corrected chi connectivity index (χ2v) is 6.29. The third-order valence-electron chi connectivity index (χ3n) is 4.75. The van der Waals surface area contributed by atoms with Crippen LogP contribution in [0, 0.1) is 26.9 Å². The molecular formula is C14H18N2O4. The third kappa shape index (κ3) is 1.92. The molecular weight excluding hydrogens is 260 g/mol. The molecule has 0 unspecified atom stereocenters. The number of amides is 1. The van der Waals surface area contributed by atoms with E-state index in [2.05, 4.69) is 5.32 Å². The fourth-order valence-corrected chi connectivity index (χ4v) is 2.86. The van der Waals surface area contributed by atoms with E-state index >= 15 is 0 Å². The first kappa shape index (κ1) is 14.3. The van der Waals surface area contributed by atoms with E-state index in [0.29, 0.717) is 0 Å². The van der Waals surface area contributed by atoms with Gasteiger partial charge in [-0.2, -0.15) is 0 Å². The van der Waals surface area contributed by atoms with E-state index in [1.807, 2.05) is 27.7 Å². The molecule has 0 aliphatic heterocycles. The minimum atomic E-state index is -0.626. The SMILES string of the molecule is CC1(C)C(C(=O)Nc2c(O)cccc2[N+](=O)[O-])C1(C)C. The lowest BCUT2D eigenvalue weighted by atomic mass is 10.0. The van der Waals surface area contributed by atoms with Crippen molar-refractivity contribution in [3.63, 3.8) is 0 Å². The Morgan fingerprint density at radius 2 is 1.85 bits per heavy atom. The van der Waals surface area contributed by atoms with Crippen molar-refractivity contribution >= 4 is 17.3 Å². The number of nitro groups is 1. The largest absolute Gasteiger partial charge is 0.505 e. The van der Waals surface area contributed by atoms with E-state index in [1.54, 1.807) is 0 Å². The number of nitro benzene ring substituents is 1. The number of benzene rings is 1. The van der Waals surface area contributed by atoms with E-state index in [-0.39, 0.29) is 39.8 Å². The average molecular weight is 278 g/mol. The van der Waals surface area contributed by atoms with Gasteiger partial charge in [-0.3, -0.25) is 14.9 Å². The number of para-hydroxylation sites is 1. The van der Waals surface area contributed by atoms with Crippen molar-refractivity contribution in [1.82, 2.24) is 0 Å². The van der Waals surface area contributed by atoms with Crippen molar-refractivity contribution in [2.45, 2.75) is 27.7 Å². The quantitative estimate of drug-likeness (QED) is 0.505. The number of phenolic OH excluding ortho intramolecular Hbond substituents is 1. The van der Waals surface area contributed by atoms with Gasteiger partial charge in [-0.15, -0.1) is 0 Å². The van der Waals surface area contributed by atoms with Gasteiger partial charge >= 0.3 is 0 Å². The topological polar surface area (TPSA) is 92.5 Å². The Morgan fingerprint density at radius 3 is 2.30 bits per heavy atom. The summed E-state index contributed by atoms with van der Waals surface area (Å²) in [5, 5.41) is 23.2. The number of anilines is 1. The molecule has 0 radical (unpaired) electrons. The van der Waals surface area contributed by atoms with Gasteiger partial charge in [0.15, 0.2) is 5.69 Å². The van der Waals surface area contributed by atoms with E-state index < -0.39 is 4.92 Å². The summed E-state index contributed by atoms with van der Waals surface area (Å²) in [4.78, 5) is 22.6. The van der Waals surface area contributed by atoms with Gasteiger partial charge in [-0.25, -0.2) is 0 Å². The van der Waals surface area contributed by atoms with Gasteiger partial charge in [0.05, 0.1) is 4.92 Å². The Balaban J connectivity index is 2.29. The fourth-order valence-electron chi connectivity index (χ4n) is 2.86. The molecule has 20 heavy (non-hydrogen) atoms. The molecule has 2 N–H and O–H groups in total. The molecule has 6 nitrogen and oxygen atoms in total. The maximum atomic E-state index is 12.3. The molecule has 1 fully saturated rings. The minimum Gasteiger partial charge on any atom is -0.505 e. The molecule has 1 aromatic carbocycles. The Kier molecular flexibility index (Phi) is 3.00. The van der Waals surface area contributed by atoms with Crippen LogP contribution in [0.25, 0.3) is 0 Å². The summed E-state index contributed by atoms with van der Waals surface area (Å²) < 4.78 is 0. The highest BCUT2D eigenvalue weighted by Gasteiger charge is 2.68. The molecule has 108 valence electrons. The van der Waals surface area contributed by atoms with Crippen LogP contribution in [-0.4, -0.2) is 15.9 Å². The fraction of sp³-hybridized carbons (Fsp3) is 0.500. The maximum Gasteiger partial charge on any atom is 0.296 e. The monoisotopic (exact) mass is 278 g/mol. The predicted octanol–water partition coefficient (Wildman–Crippen LogP) is 2.92. The molecule has 6 heteroatoms. The van der Waals surface area contributed by atoms with Crippen LogP contribution in [0.4, 0.5) is 11.4 Å².